The van der Waals surface area contributed by atoms with E-state index in [0.29, 0.717) is 14.7 Å². The van der Waals surface area contributed by atoms with Crippen LogP contribution in [0.15, 0.2) is 12.1 Å². The molecule has 6 heteroatoms. The fourth-order valence-corrected chi connectivity index (χ4v) is 1.68. The Kier molecular flexibility index (Phi) is 3.38. The molecule has 0 aliphatic carbocycles. The predicted molar refractivity (Wildman–Crippen MR) is 58.4 cm³/mol. The van der Waals surface area contributed by atoms with E-state index in [1.807, 2.05) is 28.7 Å². The number of hydrogen-bond donors (Lipinski definition) is 1. The van der Waals surface area contributed by atoms with Gasteiger partial charge in [-0.2, -0.15) is 5.26 Å². The number of nitro benzene ring substituents is 1. The smallest absolute Gasteiger partial charge is 0.283 e. The van der Waals surface area contributed by atoms with Crippen LogP contribution in [0, 0.1) is 25.0 Å². The maximum Gasteiger partial charge on any atom is 0.283 e. The fourth-order valence-electron chi connectivity index (χ4n) is 1.02. The van der Waals surface area contributed by atoms with Crippen LogP contribution in [0.5, 0.6) is 0 Å². The highest BCUT2D eigenvalue weighted by Gasteiger charge is 2.15. The molecule has 0 aliphatic heterocycles. The highest BCUT2D eigenvalue weighted by molar-refractivity contribution is 14.1. The number of nitriles is 1. The lowest BCUT2D eigenvalue weighted by molar-refractivity contribution is -0.385. The normalized spacial score (nSPS) is 9.50. The van der Waals surface area contributed by atoms with E-state index >= 15 is 0 Å². The Hall–Kier alpha value is -1.20. The van der Waals surface area contributed by atoms with Crippen molar-refractivity contribution in [2.75, 3.05) is 0 Å². The number of benzene rings is 1. The fraction of sp³-hybridized carbons (Fsp3) is 0.125. The molecule has 1 aromatic rings. The molecule has 0 heterocycles. The van der Waals surface area contributed by atoms with E-state index in [1.54, 1.807) is 0 Å². The zero-order chi connectivity index (χ0) is 10.7. The summed E-state index contributed by atoms with van der Waals surface area (Å²) in [5, 5.41) is 19.3. The lowest BCUT2D eigenvalue weighted by Gasteiger charge is -2.01. The van der Waals surface area contributed by atoms with Gasteiger partial charge in [-0.05, 0) is 34.2 Å². The van der Waals surface area contributed by atoms with Gasteiger partial charge in [0.2, 0.25) is 0 Å². The van der Waals surface area contributed by atoms with Crippen molar-refractivity contribution in [3.63, 3.8) is 0 Å². The quantitative estimate of drug-likeness (QED) is 0.509. The van der Waals surface area contributed by atoms with Gasteiger partial charge in [0.25, 0.3) is 5.69 Å². The Bertz CT molecular complexity index is 425. The minimum absolute atomic E-state index is 0.00921. The first-order valence-electron chi connectivity index (χ1n) is 3.67. The first kappa shape index (κ1) is 10.9. The number of hydrogen-bond acceptors (Lipinski definition) is 4. The monoisotopic (exact) mass is 303 g/mol. The lowest BCUT2D eigenvalue weighted by atomic mass is 10.1. The largest absolute Gasteiger partial charge is 0.326 e. The van der Waals surface area contributed by atoms with Crippen molar-refractivity contribution < 1.29 is 4.92 Å². The molecular weight excluding hydrogens is 297 g/mol. The van der Waals surface area contributed by atoms with Crippen molar-refractivity contribution in [2.45, 2.75) is 6.54 Å². The van der Waals surface area contributed by atoms with E-state index in [2.05, 4.69) is 0 Å². The topological polar surface area (TPSA) is 92.9 Å². The van der Waals surface area contributed by atoms with Crippen LogP contribution in [-0.4, -0.2) is 4.92 Å². The molecule has 2 N–H and O–H groups in total. The molecule has 5 nitrogen and oxygen atoms in total. The van der Waals surface area contributed by atoms with E-state index in [-0.39, 0.29) is 12.2 Å². The Morgan fingerprint density at radius 2 is 2.29 bits per heavy atom. The minimum atomic E-state index is -0.484. The summed E-state index contributed by atoms with van der Waals surface area (Å²) in [5.74, 6) is 0. The summed E-state index contributed by atoms with van der Waals surface area (Å²) >= 11 is 1.82. The Balaban J connectivity index is 3.39. The minimum Gasteiger partial charge on any atom is -0.326 e. The number of nitrogens with two attached hydrogens (primary N) is 1. The zero-order valence-corrected chi connectivity index (χ0v) is 9.19. The van der Waals surface area contributed by atoms with Crippen molar-refractivity contribution in [2.24, 2.45) is 5.73 Å². The summed E-state index contributed by atoms with van der Waals surface area (Å²) in [7, 11) is 0. The van der Waals surface area contributed by atoms with Gasteiger partial charge in [0.1, 0.15) is 0 Å². The Labute approximate surface area is 93.8 Å². The van der Waals surface area contributed by atoms with Crippen LogP contribution in [-0.2, 0) is 6.54 Å². The van der Waals surface area contributed by atoms with Gasteiger partial charge in [-0.25, -0.2) is 0 Å². The lowest BCUT2D eigenvalue weighted by Crippen LogP contribution is -2.02. The molecule has 0 unspecified atom stereocenters. The van der Waals surface area contributed by atoms with Gasteiger partial charge in [-0.3, -0.25) is 10.1 Å². The van der Waals surface area contributed by atoms with E-state index in [1.165, 1.54) is 12.1 Å². The van der Waals surface area contributed by atoms with Gasteiger partial charge in [-0.15, -0.1) is 0 Å². The SMILES string of the molecule is N#Cc1cc(I)c([N+](=O)[O-])cc1CN. The van der Waals surface area contributed by atoms with E-state index in [0.717, 1.165) is 0 Å². The second kappa shape index (κ2) is 4.34. The average molecular weight is 303 g/mol. The third kappa shape index (κ3) is 2.00. The molecule has 0 amide bonds. The second-order valence-corrected chi connectivity index (χ2v) is 3.70. The number of rotatable bonds is 2. The predicted octanol–water partition coefficient (Wildman–Crippen LogP) is 1.53. The van der Waals surface area contributed by atoms with Crippen molar-refractivity contribution in [1.82, 2.24) is 0 Å². The number of nitrogens with zero attached hydrogens (tertiary/aromatic N) is 2. The van der Waals surface area contributed by atoms with E-state index in [9.17, 15) is 10.1 Å². The molecule has 0 atom stereocenters. The van der Waals surface area contributed by atoms with Crippen LogP contribution in [0.2, 0.25) is 0 Å². The highest BCUT2D eigenvalue weighted by atomic mass is 127. The molecule has 1 rings (SSSR count). The molecule has 0 saturated carbocycles. The maximum absolute atomic E-state index is 10.6. The molecular formula is C8H6IN3O2. The van der Waals surface area contributed by atoms with E-state index in [4.69, 9.17) is 11.0 Å². The maximum atomic E-state index is 10.6. The first-order chi connectivity index (χ1) is 6.60. The second-order valence-electron chi connectivity index (χ2n) is 2.53. The summed E-state index contributed by atoms with van der Waals surface area (Å²) in [5.41, 5.74) is 6.25. The van der Waals surface area contributed by atoms with Crippen LogP contribution < -0.4 is 5.73 Å². The van der Waals surface area contributed by atoms with Crippen molar-refractivity contribution in [3.05, 3.63) is 36.9 Å². The molecule has 0 aliphatic rings. The Morgan fingerprint density at radius 3 is 2.71 bits per heavy atom. The molecule has 0 aromatic heterocycles. The van der Waals surface area contributed by atoms with Gasteiger partial charge in [-0.1, -0.05) is 0 Å². The molecule has 14 heavy (non-hydrogen) atoms. The van der Waals surface area contributed by atoms with Crippen molar-refractivity contribution in [1.29, 1.82) is 5.26 Å². The number of nitro groups is 1. The van der Waals surface area contributed by atoms with Gasteiger partial charge < -0.3 is 5.73 Å². The summed E-state index contributed by atoms with van der Waals surface area (Å²) < 4.78 is 0.446. The standard InChI is InChI=1S/C8H6IN3O2/c9-7-1-5(3-10)6(4-11)2-8(7)12(13)14/h1-2H,4,11H2. The molecule has 72 valence electrons. The summed E-state index contributed by atoms with van der Waals surface area (Å²) in [6.45, 7) is 0.126. The van der Waals surface area contributed by atoms with Crippen molar-refractivity contribution >= 4 is 28.3 Å². The molecule has 0 spiro atoms. The summed E-state index contributed by atoms with van der Waals surface area (Å²) in [6, 6.07) is 4.77. The first-order valence-corrected chi connectivity index (χ1v) is 4.75. The third-order valence-electron chi connectivity index (χ3n) is 1.71. The van der Waals surface area contributed by atoms with Crippen LogP contribution in [0.4, 0.5) is 5.69 Å². The van der Waals surface area contributed by atoms with Gasteiger partial charge >= 0.3 is 0 Å². The molecule has 0 bridgehead atoms. The zero-order valence-electron chi connectivity index (χ0n) is 7.03. The molecule has 0 saturated heterocycles. The van der Waals surface area contributed by atoms with Gasteiger partial charge in [0, 0.05) is 12.6 Å². The number of halogens is 1. The van der Waals surface area contributed by atoms with Crippen LogP contribution in [0.1, 0.15) is 11.1 Å². The van der Waals surface area contributed by atoms with Crippen molar-refractivity contribution in [3.8, 4) is 6.07 Å². The summed E-state index contributed by atoms with van der Waals surface area (Å²) in [4.78, 5) is 10.1. The molecule has 1 aromatic carbocycles. The third-order valence-corrected chi connectivity index (χ3v) is 2.57. The van der Waals surface area contributed by atoms with Crippen LogP contribution in [0.3, 0.4) is 0 Å². The molecule has 0 radical (unpaired) electrons. The molecule has 0 fully saturated rings. The highest BCUT2D eigenvalue weighted by Crippen LogP contribution is 2.24. The average Bonchev–Trinajstić information content (AvgIpc) is 2.16. The van der Waals surface area contributed by atoms with Gasteiger partial charge in [0.15, 0.2) is 0 Å². The summed E-state index contributed by atoms with van der Waals surface area (Å²) in [6.07, 6.45) is 0. The van der Waals surface area contributed by atoms with Crippen LogP contribution >= 0.6 is 22.6 Å². The van der Waals surface area contributed by atoms with Gasteiger partial charge in [0.05, 0.1) is 20.1 Å². The van der Waals surface area contributed by atoms with E-state index < -0.39 is 4.92 Å². The Morgan fingerprint density at radius 1 is 1.64 bits per heavy atom. The van der Waals surface area contributed by atoms with Crippen LogP contribution in [0.25, 0.3) is 0 Å².